The lowest BCUT2D eigenvalue weighted by atomic mass is 10.2. The SMILES string of the molecule is CCNC(=O)COc1cccc(CN=C(NCC)NCC(C)Oc2ccc(F)cc2)c1. The van der Waals surface area contributed by atoms with Crippen molar-refractivity contribution < 1.29 is 18.7 Å². The number of aliphatic imine (C=N–C) groups is 1. The number of carbonyl (C=O) groups is 1. The van der Waals surface area contributed by atoms with Gasteiger partial charge in [0.15, 0.2) is 12.6 Å². The van der Waals surface area contributed by atoms with Gasteiger partial charge in [-0.3, -0.25) is 4.79 Å². The van der Waals surface area contributed by atoms with Crippen LogP contribution in [0.3, 0.4) is 0 Å². The second kappa shape index (κ2) is 13.1. The van der Waals surface area contributed by atoms with Gasteiger partial charge in [0.25, 0.3) is 5.91 Å². The van der Waals surface area contributed by atoms with E-state index < -0.39 is 0 Å². The molecule has 0 aliphatic heterocycles. The highest BCUT2D eigenvalue weighted by molar-refractivity contribution is 5.79. The molecule has 0 aromatic heterocycles. The largest absolute Gasteiger partial charge is 0.489 e. The number of carbonyl (C=O) groups excluding carboxylic acids is 1. The lowest BCUT2D eigenvalue weighted by Gasteiger charge is -2.17. The van der Waals surface area contributed by atoms with Crippen LogP contribution < -0.4 is 25.4 Å². The van der Waals surface area contributed by atoms with Crippen molar-refractivity contribution in [1.82, 2.24) is 16.0 Å². The first-order valence-corrected chi connectivity index (χ1v) is 10.4. The number of likely N-dealkylation sites (N-methyl/N-ethyl adjacent to an activating group) is 1. The third kappa shape index (κ3) is 9.37. The molecule has 0 aliphatic rings. The highest BCUT2D eigenvalue weighted by atomic mass is 19.1. The molecule has 0 fully saturated rings. The molecule has 0 heterocycles. The first-order valence-electron chi connectivity index (χ1n) is 10.4. The maximum absolute atomic E-state index is 13.0. The van der Waals surface area contributed by atoms with Gasteiger partial charge in [0, 0.05) is 13.1 Å². The van der Waals surface area contributed by atoms with E-state index in [-0.39, 0.29) is 24.4 Å². The first kappa shape index (κ1) is 24.0. The van der Waals surface area contributed by atoms with Gasteiger partial charge < -0.3 is 25.4 Å². The van der Waals surface area contributed by atoms with Crippen molar-refractivity contribution in [2.75, 3.05) is 26.2 Å². The van der Waals surface area contributed by atoms with E-state index >= 15 is 0 Å². The summed E-state index contributed by atoms with van der Waals surface area (Å²) < 4.78 is 24.3. The number of ether oxygens (including phenoxy) is 2. The Bertz CT molecular complexity index is 843. The lowest BCUT2D eigenvalue weighted by Crippen LogP contribution is -2.41. The predicted molar refractivity (Wildman–Crippen MR) is 120 cm³/mol. The van der Waals surface area contributed by atoms with Crippen LogP contribution in [0.2, 0.25) is 0 Å². The van der Waals surface area contributed by atoms with E-state index in [0.29, 0.717) is 43.6 Å². The molecule has 7 nitrogen and oxygen atoms in total. The van der Waals surface area contributed by atoms with Crippen LogP contribution in [0.1, 0.15) is 26.3 Å². The van der Waals surface area contributed by atoms with Crippen molar-refractivity contribution in [3.05, 3.63) is 59.9 Å². The Balaban J connectivity index is 1.87. The second-order valence-electron chi connectivity index (χ2n) is 6.85. The monoisotopic (exact) mass is 430 g/mol. The van der Waals surface area contributed by atoms with Crippen LogP contribution in [0.25, 0.3) is 0 Å². The van der Waals surface area contributed by atoms with Gasteiger partial charge in [-0.2, -0.15) is 0 Å². The van der Waals surface area contributed by atoms with Gasteiger partial charge in [-0.1, -0.05) is 12.1 Å². The van der Waals surface area contributed by atoms with Crippen molar-refractivity contribution in [1.29, 1.82) is 0 Å². The number of nitrogens with zero attached hydrogens (tertiary/aromatic N) is 1. The van der Waals surface area contributed by atoms with E-state index in [2.05, 4.69) is 20.9 Å². The number of hydrogen-bond donors (Lipinski definition) is 3. The number of guanidine groups is 1. The molecule has 8 heteroatoms. The molecule has 2 rings (SSSR count). The van der Waals surface area contributed by atoms with Gasteiger partial charge in [-0.05, 0) is 62.7 Å². The average molecular weight is 431 g/mol. The fraction of sp³-hybridized carbons (Fsp3) is 0.391. The van der Waals surface area contributed by atoms with E-state index in [1.54, 1.807) is 12.1 Å². The zero-order valence-electron chi connectivity index (χ0n) is 18.3. The minimum atomic E-state index is -0.293. The van der Waals surface area contributed by atoms with Crippen molar-refractivity contribution in [2.24, 2.45) is 4.99 Å². The predicted octanol–water partition coefficient (Wildman–Crippen LogP) is 2.86. The molecule has 1 atom stereocenters. The minimum absolute atomic E-state index is 0.0172. The maximum Gasteiger partial charge on any atom is 0.257 e. The van der Waals surface area contributed by atoms with E-state index in [9.17, 15) is 9.18 Å². The van der Waals surface area contributed by atoms with Crippen LogP contribution in [0.15, 0.2) is 53.5 Å². The van der Waals surface area contributed by atoms with Crippen molar-refractivity contribution >= 4 is 11.9 Å². The average Bonchev–Trinajstić information content (AvgIpc) is 2.76. The minimum Gasteiger partial charge on any atom is -0.489 e. The summed E-state index contributed by atoms with van der Waals surface area (Å²) >= 11 is 0. The van der Waals surface area contributed by atoms with Gasteiger partial charge >= 0.3 is 0 Å². The van der Waals surface area contributed by atoms with Crippen LogP contribution >= 0.6 is 0 Å². The molecule has 31 heavy (non-hydrogen) atoms. The Morgan fingerprint density at radius 3 is 2.48 bits per heavy atom. The number of hydrogen-bond acceptors (Lipinski definition) is 4. The summed E-state index contributed by atoms with van der Waals surface area (Å²) in [5.74, 6) is 1.45. The highest BCUT2D eigenvalue weighted by Crippen LogP contribution is 2.14. The standard InChI is InChI=1S/C23H31FN4O3/c1-4-25-22(29)16-30-21-8-6-7-18(13-21)15-28-23(26-5-2)27-14-17(3)31-20-11-9-19(24)10-12-20/h6-13,17H,4-5,14-16H2,1-3H3,(H,25,29)(H2,26,27,28). The van der Waals surface area contributed by atoms with Crippen LogP contribution in [-0.2, 0) is 11.3 Å². The summed E-state index contributed by atoms with van der Waals surface area (Å²) in [5, 5.41) is 9.14. The van der Waals surface area contributed by atoms with Crippen molar-refractivity contribution in [2.45, 2.75) is 33.4 Å². The Hall–Kier alpha value is -3.29. The molecule has 2 aromatic rings. The van der Waals surface area contributed by atoms with E-state index in [1.165, 1.54) is 12.1 Å². The Kier molecular flexibility index (Phi) is 10.1. The van der Waals surface area contributed by atoms with Gasteiger partial charge in [0.05, 0.1) is 13.1 Å². The molecule has 0 spiro atoms. The van der Waals surface area contributed by atoms with Crippen LogP contribution in [0.5, 0.6) is 11.5 Å². The summed E-state index contributed by atoms with van der Waals surface area (Å²) in [7, 11) is 0. The molecule has 0 saturated carbocycles. The number of halogens is 1. The molecule has 0 saturated heterocycles. The number of nitrogens with one attached hydrogen (secondary N) is 3. The maximum atomic E-state index is 13.0. The number of benzene rings is 2. The van der Waals surface area contributed by atoms with E-state index in [0.717, 1.165) is 5.56 Å². The Morgan fingerprint density at radius 1 is 1.03 bits per heavy atom. The summed E-state index contributed by atoms with van der Waals surface area (Å²) in [4.78, 5) is 16.1. The molecule has 3 N–H and O–H groups in total. The summed E-state index contributed by atoms with van der Waals surface area (Å²) in [6.45, 7) is 8.03. The summed E-state index contributed by atoms with van der Waals surface area (Å²) in [5.41, 5.74) is 0.959. The molecule has 0 radical (unpaired) electrons. The summed E-state index contributed by atoms with van der Waals surface area (Å²) in [6, 6.07) is 13.4. The van der Waals surface area contributed by atoms with Gasteiger partial charge in [-0.15, -0.1) is 0 Å². The molecule has 2 aromatic carbocycles. The molecular formula is C23H31FN4O3. The molecule has 168 valence electrons. The second-order valence-corrected chi connectivity index (χ2v) is 6.85. The fourth-order valence-electron chi connectivity index (χ4n) is 2.67. The molecule has 1 amide bonds. The van der Waals surface area contributed by atoms with E-state index in [4.69, 9.17) is 9.47 Å². The number of amides is 1. The van der Waals surface area contributed by atoms with Crippen molar-refractivity contribution in [3.8, 4) is 11.5 Å². The Morgan fingerprint density at radius 2 is 1.77 bits per heavy atom. The molecular weight excluding hydrogens is 399 g/mol. The van der Waals surface area contributed by atoms with Gasteiger partial charge in [0.1, 0.15) is 23.4 Å². The van der Waals surface area contributed by atoms with Crippen LogP contribution in [0, 0.1) is 5.82 Å². The third-order valence-corrected chi connectivity index (χ3v) is 4.11. The smallest absolute Gasteiger partial charge is 0.257 e. The normalized spacial score (nSPS) is 12.1. The van der Waals surface area contributed by atoms with Crippen LogP contribution in [0.4, 0.5) is 4.39 Å². The van der Waals surface area contributed by atoms with E-state index in [1.807, 2.05) is 45.0 Å². The zero-order chi connectivity index (χ0) is 22.5. The number of rotatable bonds is 11. The third-order valence-electron chi connectivity index (χ3n) is 4.11. The summed E-state index contributed by atoms with van der Waals surface area (Å²) in [6.07, 6.45) is -0.139. The van der Waals surface area contributed by atoms with Gasteiger partial charge in [-0.25, -0.2) is 9.38 Å². The lowest BCUT2D eigenvalue weighted by molar-refractivity contribution is -0.122. The molecule has 0 bridgehead atoms. The molecule has 1 unspecified atom stereocenters. The molecule has 0 aliphatic carbocycles. The topological polar surface area (TPSA) is 84.0 Å². The quantitative estimate of drug-likeness (QED) is 0.377. The Labute approximate surface area is 183 Å². The fourth-order valence-corrected chi connectivity index (χ4v) is 2.67. The van der Waals surface area contributed by atoms with Crippen LogP contribution in [-0.4, -0.2) is 44.2 Å². The van der Waals surface area contributed by atoms with Crippen molar-refractivity contribution in [3.63, 3.8) is 0 Å². The highest BCUT2D eigenvalue weighted by Gasteiger charge is 2.07. The van der Waals surface area contributed by atoms with Gasteiger partial charge in [0.2, 0.25) is 0 Å². The zero-order valence-corrected chi connectivity index (χ0v) is 18.3. The first-order chi connectivity index (χ1) is 15.0.